The highest BCUT2D eigenvalue weighted by molar-refractivity contribution is 5.94. The van der Waals surface area contributed by atoms with E-state index < -0.39 is 18.5 Å². The fourth-order valence-electron chi connectivity index (χ4n) is 3.12. The van der Waals surface area contributed by atoms with Crippen LogP contribution in [0.2, 0.25) is 0 Å². The summed E-state index contributed by atoms with van der Waals surface area (Å²) in [7, 11) is 0. The van der Waals surface area contributed by atoms with Crippen molar-refractivity contribution in [3.05, 3.63) is 52.6 Å². The summed E-state index contributed by atoms with van der Waals surface area (Å²) in [4.78, 5) is 24.6. The lowest BCUT2D eigenvalue weighted by molar-refractivity contribution is -0.124. The van der Waals surface area contributed by atoms with E-state index in [1.165, 1.54) is 0 Å². The number of aromatic hydroxyl groups is 1. The van der Waals surface area contributed by atoms with Crippen LogP contribution in [0.15, 0.2) is 30.3 Å². The molecule has 2 aromatic carbocycles. The van der Waals surface area contributed by atoms with Crippen LogP contribution < -0.4 is 14.8 Å². The third-order valence-electron chi connectivity index (χ3n) is 4.93. The van der Waals surface area contributed by atoms with Gasteiger partial charge in [0.2, 0.25) is 6.79 Å². The molecule has 0 bridgehead atoms. The Hall–Kier alpha value is -3.22. The molecule has 160 valence electrons. The second kappa shape index (κ2) is 9.07. The minimum atomic E-state index is -0.727. The first kappa shape index (κ1) is 21.5. The summed E-state index contributed by atoms with van der Waals surface area (Å²) < 4.78 is 15.7. The first-order chi connectivity index (χ1) is 14.3. The van der Waals surface area contributed by atoms with Gasteiger partial charge in [-0.05, 0) is 46.7 Å². The van der Waals surface area contributed by atoms with Crippen molar-refractivity contribution in [1.29, 1.82) is 0 Å². The third kappa shape index (κ3) is 4.84. The maximum Gasteiger partial charge on any atom is 0.342 e. The number of phenolic OH excluding ortho intramolecular Hbond substituents is 1. The predicted octanol–water partition coefficient (Wildman–Crippen LogP) is 3.84. The van der Waals surface area contributed by atoms with E-state index in [9.17, 15) is 14.7 Å². The summed E-state index contributed by atoms with van der Waals surface area (Å²) in [5.74, 6) is 0.262. The van der Waals surface area contributed by atoms with Gasteiger partial charge in [-0.1, -0.05) is 39.8 Å². The summed E-state index contributed by atoms with van der Waals surface area (Å²) in [6.45, 7) is 7.91. The van der Waals surface area contributed by atoms with Crippen LogP contribution in [0.1, 0.15) is 66.6 Å². The van der Waals surface area contributed by atoms with Crippen molar-refractivity contribution in [2.75, 3.05) is 13.4 Å². The summed E-state index contributed by atoms with van der Waals surface area (Å²) in [6, 6.07) is 8.92. The zero-order valence-electron chi connectivity index (χ0n) is 17.7. The molecule has 0 aliphatic carbocycles. The minimum absolute atomic E-state index is 0.0419. The molecule has 1 heterocycles. The molecule has 0 saturated heterocycles. The molecule has 7 nitrogen and oxygen atoms in total. The van der Waals surface area contributed by atoms with E-state index in [1.807, 2.05) is 39.8 Å². The van der Waals surface area contributed by atoms with Gasteiger partial charge in [-0.15, -0.1) is 0 Å². The Bertz CT molecular complexity index is 951. The van der Waals surface area contributed by atoms with E-state index in [2.05, 4.69) is 5.32 Å². The van der Waals surface area contributed by atoms with Crippen molar-refractivity contribution >= 4 is 11.9 Å². The number of rotatable bonds is 7. The topological polar surface area (TPSA) is 94.1 Å². The normalized spacial score (nSPS) is 12.3. The van der Waals surface area contributed by atoms with E-state index in [-0.39, 0.29) is 36.5 Å². The molecule has 0 atom stereocenters. The Morgan fingerprint density at radius 1 is 1.07 bits per heavy atom. The molecular formula is C23H27NO6. The molecule has 0 aromatic heterocycles. The van der Waals surface area contributed by atoms with Gasteiger partial charge in [0.25, 0.3) is 5.91 Å². The van der Waals surface area contributed by atoms with Crippen LogP contribution in [0, 0.1) is 0 Å². The van der Waals surface area contributed by atoms with Crippen LogP contribution in [-0.2, 0) is 16.1 Å². The fraction of sp³-hybridized carbons (Fsp3) is 0.391. The van der Waals surface area contributed by atoms with Crippen molar-refractivity contribution in [2.45, 2.75) is 46.1 Å². The van der Waals surface area contributed by atoms with Crippen LogP contribution >= 0.6 is 0 Å². The molecule has 3 rings (SSSR count). The standard InChI is InChI=1S/C23H27NO6/c1-13(2)16-8-17(14(3)4)22(26)18(9-16)23(27)28-11-21(25)24-10-15-5-6-19-20(7-15)30-12-29-19/h5-9,13-14,26H,10-12H2,1-4H3,(H,24,25). The van der Waals surface area contributed by atoms with E-state index in [0.717, 1.165) is 11.1 Å². The molecule has 1 aliphatic rings. The van der Waals surface area contributed by atoms with Gasteiger partial charge in [-0.3, -0.25) is 4.79 Å². The van der Waals surface area contributed by atoms with Crippen LogP contribution in [-0.4, -0.2) is 30.4 Å². The van der Waals surface area contributed by atoms with Crippen molar-refractivity contribution in [2.24, 2.45) is 0 Å². The smallest absolute Gasteiger partial charge is 0.342 e. The fourth-order valence-corrected chi connectivity index (χ4v) is 3.12. The molecular weight excluding hydrogens is 386 g/mol. The van der Waals surface area contributed by atoms with Crippen molar-refractivity contribution in [3.8, 4) is 17.2 Å². The number of hydrogen-bond acceptors (Lipinski definition) is 6. The Morgan fingerprint density at radius 3 is 2.50 bits per heavy atom. The van der Waals surface area contributed by atoms with E-state index in [4.69, 9.17) is 14.2 Å². The Kier molecular flexibility index (Phi) is 6.50. The molecule has 7 heteroatoms. The largest absolute Gasteiger partial charge is 0.507 e. The van der Waals surface area contributed by atoms with E-state index in [0.29, 0.717) is 17.1 Å². The van der Waals surface area contributed by atoms with Gasteiger partial charge in [0.15, 0.2) is 18.1 Å². The molecule has 1 aliphatic heterocycles. The summed E-state index contributed by atoms with van der Waals surface area (Å²) in [5, 5.41) is 13.2. The minimum Gasteiger partial charge on any atom is -0.507 e. The highest BCUT2D eigenvalue weighted by atomic mass is 16.7. The molecule has 0 radical (unpaired) electrons. The molecule has 1 amide bonds. The second-order valence-electron chi connectivity index (χ2n) is 7.86. The quantitative estimate of drug-likeness (QED) is 0.670. The number of ether oxygens (including phenoxy) is 3. The number of esters is 1. The zero-order valence-corrected chi connectivity index (χ0v) is 17.7. The first-order valence-corrected chi connectivity index (χ1v) is 9.95. The van der Waals surface area contributed by atoms with Crippen molar-refractivity contribution in [1.82, 2.24) is 5.32 Å². The number of benzene rings is 2. The van der Waals surface area contributed by atoms with Crippen LogP contribution in [0.25, 0.3) is 0 Å². The average molecular weight is 413 g/mol. The molecule has 2 aromatic rings. The molecule has 0 saturated carbocycles. The third-order valence-corrected chi connectivity index (χ3v) is 4.93. The van der Waals surface area contributed by atoms with Crippen LogP contribution in [0.5, 0.6) is 17.2 Å². The van der Waals surface area contributed by atoms with Crippen molar-refractivity contribution < 1.29 is 28.9 Å². The maximum atomic E-state index is 12.5. The number of hydrogen-bond donors (Lipinski definition) is 2. The number of amides is 1. The highest BCUT2D eigenvalue weighted by Crippen LogP contribution is 2.34. The van der Waals surface area contributed by atoms with E-state index in [1.54, 1.807) is 18.2 Å². The summed E-state index contributed by atoms with van der Waals surface area (Å²) in [5.41, 5.74) is 2.52. The lowest BCUT2D eigenvalue weighted by Crippen LogP contribution is -2.28. The Labute approximate surface area is 176 Å². The van der Waals surface area contributed by atoms with Gasteiger partial charge in [0.1, 0.15) is 11.3 Å². The van der Waals surface area contributed by atoms with Gasteiger partial charge in [0, 0.05) is 6.54 Å². The Morgan fingerprint density at radius 2 is 1.80 bits per heavy atom. The summed E-state index contributed by atoms with van der Waals surface area (Å²) in [6.07, 6.45) is 0. The number of carbonyl (C=O) groups is 2. The molecule has 0 fully saturated rings. The SMILES string of the molecule is CC(C)c1cc(C(=O)OCC(=O)NCc2ccc3c(c2)OCO3)c(O)c(C(C)C)c1. The zero-order chi connectivity index (χ0) is 21.8. The maximum absolute atomic E-state index is 12.5. The molecule has 0 spiro atoms. The van der Waals surface area contributed by atoms with Gasteiger partial charge in [-0.25, -0.2) is 4.79 Å². The van der Waals surface area contributed by atoms with Gasteiger partial charge < -0.3 is 24.6 Å². The average Bonchev–Trinajstić information content (AvgIpc) is 3.18. The number of phenols is 1. The second-order valence-corrected chi connectivity index (χ2v) is 7.86. The molecule has 0 unspecified atom stereocenters. The number of carbonyl (C=O) groups excluding carboxylic acids is 2. The summed E-state index contributed by atoms with van der Waals surface area (Å²) >= 11 is 0. The van der Waals surface area contributed by atoms with Gasteiger partial charge >= 0.3 is 5.97 Å². The number of fused-ring (bicyclic) bond motifs is 1. The van der Waals surface area contributed by atoms with Crippen LogP contribution in [0.4, 0.5) is 0 Å². The Balaban J connectivity index is 1.60. The highest BCUT2D eigenvalue weighted by Gasteiger charge is 2.21. The lowest BCUT2D eigenvalue weighted by Gasteiger charge is -2.16. The van der Waals surface area contributed by atoms with Crippen molar-refractivity contribution in [3.63, 3.8) is 0 Å². The van der Waals surface area contributed by atoms with Gasteiger partial charge in [-0.2, -0.15) is 0 Å². The molecule has 2 N–H and O–H groups in total. The predicted molar refractivity (Wildman–Crippen MR) is 111 cm³/mol. The van der Waals surface area contributed by atoms with Crippen LogP contribution in [0.3, 0.4) is 0 Å². The molecule has 30 heavy (non-hydrogen) atoms. The number of nitrogens with one attached hydrogen (secondary N) is 1. The first-order valence-electron chi connectivity index (χ1n) is 9.95. The monoisotopic (exact) mass is 413 g/mol. The van der Waals surface area contributed by atoms with Gasteiger partial charge in [0.05, 0.1) is 0 Å². The lowest BCUT2D eigenvalue weighted by atomic mass is 9.92. The van der Waals surface area contributed by atoms with E-state index >= 15 is 0 Å².